The Kier molecular flexibility index (Phi) is 4.64. The number of aryl methyl sites for hydroxylation is 1. The lowest BCUT2D eigenvalue weighted by Gasteiger charge is -2.36. The van der Waals surface area contributed by atoms with E-state index in [1.54, 1.807) is 54.4 Å². The van der Waals surface area contributed by atoms with Crippen LogP contribution in [-0.4, -0.2) is 48.5 Å². The van der Waals surface area contributed by atoms with Crippen LogP contribution in [0, 0.1) is 6.92 Å². The fourth-order valence-corrected chi connectivity index (χ4v) is 5.04. The zero-order valence-corrected chi connectivity index (χ0v) is 16.2. The second-order valence-electron chi connectivity index (χ2n) is 7.10. The van der Waals surface area contributed by atoms with Gasteiger partial charge in [0.15, 0.2) is 9.84 Å². The van der Waals surface area contributed by atoms with Gasteiger partial charge in [0.2, 0.25) is 0 Å². The van der Waals surface area contributed by atoms with Crippen LogP contribution in [0.25, 0.3) is 10.9 Å². The van der Waals surface area contributed by atoms with Crippen molar-refractivity contribution in [1.29, 1.82) is 0 Å². The standard InChI is InChI=1S/C21H20N2O4S/c1-14-10-16(21(25)23-11-18(24)12-23)7-8-17(14)13-28(26,27)19-6-2-4-15-5-3-9-22-20(15)19/h2-10,18,24H,11-13H2,1H3. The normalized spacial score (nSPS) is 14.9. The number of β-amino-alcohol motifs (C(OH)–C–C–N with tert-alkyl or cyclic N) is 1. The number of para-hydroxylation sites is 1. The molecular weight excluding hydrogens is 376 g/mol. The molecule has 28 heavy (non-hydrogen) atoms. The number of hydrogen-bond acceptors (Lipinski definition) is 5. The lowest BCUT2D eigenvalue weighted by atomic mass is 10.0. The number of aliphatic hydroxyl groups excluding tert-OH is 1. The average Bonchev–Trinajstić information content (AvgIpc) is 2.66. The Hall–Kier alpha value is -2.77. The molecule has 0 radical (unpaired) electrons. The minimum absolute atomic E-state index is 0.152. The zero-order chi connectivity index (χ0) is 19.9. The molecule has 3 aromatic rings. The Balaban J connectivity index is 1.62. The summed E-state index contributed by atoms with van der Waals surface area (Å²) in [6, 6.07) is 13.8. The van der Waals surface area contributed by atoms with Crippen LogP contribution in [0.3, 0.4) is 0 Å². The van der Waals surface area contributed by atoms with Crippen LogP contribution in [0.5, 0.6) is 0 Å². The minimum Gasteiger partial charge on any atom is -0.389 e. The molecule has 1 aliphatic rings. The van der Waals surface area contributed by atoms with Crippen molar-refractivity contribution in [1.82, 2.24) is 9.88 Å². The third-order valence-corrected chi connectivity index (χ3v) is 6.71. The predicted molar refractivity (Wildman–Crippen MR) is 106 cm³/mol. The molecule has 7 heteroatoms. The fourth-order valence-electron chi connectivity index (χ4n) is 3.40. The zero-order valence-electron chi connectivity index (χ0n) is 15.4. The number of aromatic nitrogens is 1. The van der Waals surface area contributed by atoms with E-state index >= 15 is 0 Å². The van der Waals surface area contributed by atoms with E-state index in [9.17, 15) is 18.3 Å². The second-order valence-corrected chi connectivity index (χ2v) is 9.05. The van der Waals surface area contributed by atoms with Crippen molar-refractivity contribution < 1.29 is 18.3 Å². The maximum Gasteiger partial charge on any atom is 0.254 e. The highest BCUT2D eigenvalue weighted by atomic mass is 32.2. The topological polar surface area (TPSA) is 87.6 Å². The fraction of sp³-hybridized carbons (Fsp3) is 0.238. The van der Waals surface area contributed by atoms with Crippen LogP contribution in [-0.2, 0) is 15.6 Å². The number of sulfone groups is 1. The van der Waals surface area contributed by atoms with Gasteiger partial charge in [-0.2, -0.15) is 0 Å². The van der Waals surface area contributed by atoms with Gasteiger partial charge in [-0.05, 0) is 42.3 Å². The lowest BCUT2D eigenvalue weighted by Crippen LogP contribution is -2.53. The molecule has 4 rings (SSSR count). The highest BCUT2D eigenvalue weighted by Gasteiger charge is 2.29. The summed E-state index contributed by atoms with van der Waals surface area (Å²) in [5.74, 6) is -0.313. The van der Waals surface area contributed by atoms with E-state index in [4.69, 9.17) is 0 Å². The van der Waals surface area contributed by atoms with Gasteiger partial charge in [-0.25, -0.2) is 8.42 Å². The molecule has 1 aromatic heterocycles. The summed E-state index contributed by atoms with van der Waals surface area (Å²) in [5.41, 5.74) is 2.35. The molecule has 2 aromatic carbocycles. The van der Waals surface area contributed by atoms with Crippen molar-refractivity contribution in [3.8, 4) is 0 Å². The summed E-state index contributed by atoms with van der Waals surface area (Å²) in [5, 5.41) is 10.1. The molecule has 2 heterocycles. The lowest BCUT2D eigenvalue weighted by molar-refractivity contribution is 0.00589. The van der Waals surface area contributed by atoms with Gasteiger partial charge in [-0.3, -0.25) is 9.78 Å². The van der Waals surface area contributed by atoms with E-state index in [0.717, 1.165) is 10.9 Å². The SMILES string of the molecule is Cc1cc(C(=O)N2CC(O)C2)ccc1CS(=O)(=O)c1cccc2cccnc12. The molecule has 6 nitrogen and oxygen atoms in total. The Morgan fingerprint density at radius 1 is 1.18 bits per heavy atom. The highest BCUT2D eigenvalue weighted by Crippen LogP contribution is 2.26. The summed E-state index contributed by atoms with van der Waals surface area (Å²) in [4.78, 5) is 18.4. The van der Waals surface area contributed by atoms with E-state index in [-0.39, 0.29) is 16.6 Å². The molecule has 0 saturated carbocycles. The summed E-state index contributed by atoms with van der Waals surface area (Å²) >= 11 is 0. The summed E-state index contributed by atoms with van der Waals surface area (Å²) in [6.07, 6.45) is 1.13. The van der Waals surface area contributed by atoms with Crippen LogP contribution in [0.2, 0.25) is 0 Å². The third kappa shape index (κ3) is 3.39. The van der Waals surface area contributed by atoms with Gasteiger partial charge in [-0.15, -0.1) is 0 Å². The van der Waals surface area contributed by atoms with E-state index in [0.29, 0.717) is 29.7 Å². The van der Waals surface area contributed by atoms with Gasteiger partial charge in [0.25, 0.3) is 5.91 Å². The first-order chi connectivity index (χ1) is 13.3. The first-order valence-electron chi connectivity index (χ1n) is 8.98. The van der Waals surface area contributed by atoms with Gasteiger partial charge < -0.3 is 10.0 Å². The quantitative estimate of drug-likeness (QED) is 0.731. The number of benzene rings is 2. The number of pyridine rings is 1. The predicted octanol–water partition coefficient (Wildman–Crippen LogP) is 2.33. The first kappa shape index (κ1) is 18.6. The maximum absolute atomic E-state index is 13.0. The Bertz CT molecular complexity index is 1160. The first-order valence-corrected chi connectivity index (χ1v) is 10.6. The number of hydrogen-bond donors (Lipinski definition) is 1. The number of carbonyl (C=O) groups excluding carboxylic acids is 1. The molecule has 0 unspecified atom stereocenters. The number of fused-ring (bicyclic) bond motifs is 1. The largest absolute Gasteiger partial charge is 0.389 e. The van der Waals surface area contributed by atoms with Crippen molar-refractivity contribution in [3.05, 3.63) is 71.4 Å². The molecule has 1 amide bonds. The van der Waals surface area contributed by atoms with Crippen molar-refractivity contribution in [2.45, 2.75) is 23.7 Å². The van der Waals surface area contributed by atoms with Crippen molar-refractivity contribution in [2.75, 3.05) is 13.1 Å². The molecule has 1 aliphatic heterocycles. The van der Waals surface area contributed by atoms with E-state index in [2.05, 4.69) is 4.98 Å². The second kappa shape index (κ2) is 7.00. The van der Waals surface area contributed by atoms with Gasteiger partial charge in [0, 0.05) is 30.2 Å². The Morgan fingerprint density at radius 3 is 2.64 bits per heavy atom. The molecule has 1 saturated heterocycles. The molecule has 0 atom stereocenters. The number of aliphatic hydroxyl groups is 1. The van der Waals surface area contributed by atoms with E-state index in [1.807, 2.05) is 12.1 Å². The smallest absolute Gasteiger partial charge is 0.254 e. The van der Waals surface area contributed by atoms with Gasteiger partial charge in [-0.1, -0.05) is 24.3 Å². The highest BCUT2D eigenvalue weighted by molar-refractivity contribution is 7.90. The summed E-state index contributed by atoms with van der Waals surface area (Å²) < 4.78 is 26.1. The van der Waals surface area contributed by atoms with Crippen molar-refractivity contribution >= 4 is 26.6 Å². The van der Waals surface area contributed by atoms with Gasteiger partial charge in [0.05, 0.1) is 22.3 Å². The van der Waals surface area contributed by atoms with Crippen LogP contribution in [0.4, 0.5) is 0 Å². The molecule has 0 spiro atoms. The molecule has 0 aliphatic carbocycles. The number of likely N-dealkylation sites (tertiary alicyclic amines) is 1. The number of nitrogens with zero attached hydrogens (tertiary/aromatic N) is 2. The number of carbonyl (C=O) groups is 1. The molecule has 0 bridgehead atoms. The molecular formula is C21H20N2O4S. The third-order valence-electron chi connectivity index (χ3n) is 5.02. The van der Waals surface area contributed by atoms with Gasteiger partial charge >= 0.3 is 0 Å². The minimum atomic E-state index is -3.60. The van der Waals surface area contributed by atoms with Crippen LogP contribution < -0.4 is 0 Å². The van der Waals surface area contributed by atoms with Gasteiger partial charge in [0.1, 0.15) is 0 Å². The van der Waals surface area contributed by atoms with Crippen molar-refractivity contribution in [3.63, 3.8) is 0 Å². The monoisotopic (exact) mass is 396 g/mol. The van der Waals surface area contributed by atoms with Crippen LogP contribution in [0.15, 0.2) is 59.6 Å². The van der Waals surface area contributed by atoms with E-state index in [1.165, 1.54) is 0 Å². The maximum atomic E-state index is 13.0. The van der Waals surface area contributed by atoms with Crippen LogP contribution >= 0.6 is 0 Å². The molecule has 144 valence electrons. The summed E-state index contributed by atoms with van der Waals surface area (Å²) in [7, 11) is -3.60. The van der Waals surface area contributed by atoms with Crippen molar-refractivity contribution in [2.24, 2.45) is 0 Å². The van der Waals surface area contributed by atoms with Crippen LogP contribution in [0.1, 0.15) is 21.5 Å². The Morgan fingerprint density at radius 2 is 1.93 bits per heavy atom. The number of amides is 1. The molecule has 1 N–H and O–H groups in total. The Labute approximate surface area is 163 Å². The number of rotatable bonds is 4. The molecule has 1 fully saturated rings. The summed E-state index contributed by atoms with van der Waals surface area (Å²) in [6.45, 7) is 2.47. The van der Waals surface area contributed by atoms with E-state index < -0.39 is 15.9 Å². The average molecular weight is 396 g/mol.